The number of benzene rings is 2. The Morgan fingerprint density at radius 3 is 2.70 bits per heavy atom. The van der Waals surface area contributed by atoms with E-state index < -0.39 is 17.6 Å². The largest absolute Gasteiger partial charge is 0.483 e. The van der Waals surface area contributed by atoms with Gasteiger partial charge in [-0.25, -0.2) is 4.98 Å². The molecule has 194 valence electrons. The molecule has 0 unspecified atom stereocenters. The molecule has 2 N–H and O–H groups in total. The van der Waals surface area contributed by atoms with Crippen LogP contribution in [0.3, 0.4) is 0 Å². The monoisotopic (exact) mass is 514 g/mol. The molecular formula is C25H25F3N6O3. The number of rotatable bonds is 5. The topological polar surface area (TPSA) is 91.9 Å². The zero-order valence-corrected chi connectivity index (χ0v) is 20.0. The fourth-order valence-electron chi connectivity index (χ4n) is 4.12. The SMILES string of the molecule is CN1CCN(c2cc(NC(=O)c3cccc(Oc4ncnc5c4OCCN5)c3)cc(C(F)(F)F)c2)CC1. The minimum Gasteiger partial charge on any atom is -0.483 e. The zero-order valence-electron chi connectivity index (χ0n) is 20.0. The van der Waals surface area contributed by atoms with Gasteiger partial charge in [-0.1, -0.05) is 6.07 Å². The van der Waals surface area contributed by atoms with Gasteiger partial charge in [0.1, 0.15) is 18.7 Å². The highest BCUT2D eigenvalue weighted by molar-refractivity contribution is 6.04. The summed E-state index contributed by atoms with van der Waals surface area (Å²) in [6.07, 6.45) is -3.22. The fourth-order valence-corrected chi connectivity index (χ4v) is 4.12. The molecule has 0 atom stereocenters. The van der Waals surface area contributed by atoms with Gasteiger partial charge < -0.3 is 29.9 Å². The number of piperazine rings is 1. The third-order valence-electron chi connectivity index (χ3n) is 6.09. The van der Waals surface area contributed by atoms with Crippen molar-refractivity contribution in [2.45, 2.75) is 6.18 Å². The van der Waals surface area contributed by atoms with Crippen LogP contribution in [-0.2, 0) is 6.18 Å². The molecule has 2 aliphatic rings. The Hall–Kier alpha value is -4.06. The van der Waals surface area contributed by atoms with Crippen LogP contribution < -0.4 is 25.0 Å². The second kappa shape index (κ2) is 10.1. The maximum absolute atomic E-state index is 13.6. The first kappa shape index (κ1) is 24.6. The lowest BCUT2D eigenvalue weighted by Gasteiger charge is -2.34. The number of anilines is 3. The van der Waals surface area contributed by atoms with Crippen LogP contribution >= 0.6 is 0 Å². The van der Waals surface area contributed by atoms with Gasteiger partial charge >= 0.3 is 6.18 Å². The number of nitrogens with one attached hydrogen (secondary N) is 2. The molecule has 0 aliphatic carbocycles. The van der Waals surface area contributed by atoms with Crippen molar-refractivity contribution in [1.29, 1.82) is 0 Å². The Bertz CT molecular complexity index is 1290. The molecule has 0 radical (unpaired) electrons. The van der Waals surface area contributed by atoms with Gasteiger partial charge in [0.15, 0.2) is 5.82 Å². The van der Waals surface area contributed by atoms with Gasteiger partial charge in [-0.05, 0) is 43.4 Å². The molecule has 1 amide bonds. The van der Waals surface area contributed by atoms with E-state index >= 15 is 0 Å². The van der Waals surface area contributed by atoms with E-state index in [0.29, 0.717) is 49.2 Å². The summed E-state index contributed by atoms with van der Waals surface area (Å²) in [6.45, 7) is 3.69. The van der Waals surface area contributed by atoms with Gasteiger partial charge in [-0.2, -0.15) is 18.2 Å². The Kier molecular flexibility index (Phi) is 6.74. The number of amides is 1. The Morgan fingerprint density at radius 1 is 1.11 bits per heavy atom. The van der Waals surface area contributed by atoms with Gasteiger partial charge in [0.25, 0.3) is 11.8 Å². The van der Waals surface area contributed by atoms with Crippen LogP contribution in [0.4, 0.5) is 30.4 Å². The van der Waals surface area contributed by atoms with E-state index in [-0.39, 0.29) is 17.1 Å². The molecule has 1 saturated heterocycles. The summed E-state index contributed by atoms with van der Waals surface area (Å²) >= 11 is 0. The van der Waals surface area contributed by atoms with E-state index in [2.05, 4.69) is 25.5 Å². The van der Waals surface area contributed by atoms with Crippen molar-refractivity contribution in [1.82, 2.24) is 14.9 Å². The number of carbonyl (C=O) groups excluding carboxylic acids is 1. The summed E-state index contributed by atoms with van der Waals surface area (Å²) in [6, 6.07) is 9.90. The lowest BCUT2D eigenvalue weighted by molar-refractivity contribution is -0.137. The van der Waals surface area contributed by atoms with Gasteiger partial charge in [0.05, 0.1) is 12.1 Å². The van der Waals surface area contributed by atoms with Crippen molar-refractivity contribution in [3.8, 4) is 17.4 Å². The number of nitrogens with zero attached hydrogens (tertiary/aromatic N) is 4. The Balaban J connectivity index is 1.36. The molecule has 5 rings (SSSR count). The molecule has 2 aromatic carbocycles. The van der Waals surface area contributed by atoms with Gasteiger partial charge in [0, 0.05) is 43.1 Å². The second-order valence-corrected chi connectivity index (χ2v) is 8.77. The highest BCUT2D eigenvalue weighted by Crippen LogP contribution is 2.37. The fraction of sp³-hybridized carbons (Fsp3) is 0.320. The second-order valence-electron chi connectivity index (χ2n) is 8.77. The summed E-state index contributed by atoms with van der Waals surface area (Å²) in [4.78, 5) is 25.2. The highest BCUT2D eigenvalue weighted by atomic mass is 19.4. The first-order chi connectivity index (χ1) is 17.8. The number of hydrogen-bond donors (Lipinski definition) is 2. The quantitative estimate of drug-likeness (QED) is 0.526. The highest BCUT2D eigenvalue weighted by Gasteiger charge is 2.32. The van der Waals surface area contributed by atoms with Crippen molar-refractivity contribution in [3.05, 3.63) is 59.9 Å². The summed E-state index contributed by atoms with van der Waals surface area (Å²) in [7, 11) is 1.97. The summed E-state index contributed by atoms with van der Waals surface area (Å²) in [5.74, 6) is 0.793. The van der Waals surface area contributed by atoms with E-state index in [0.717, 1.165) is 25.2 Å². The smallest absolute Gasteiger partial charge is 0.416 e. The molecule has 2 aliphatic heterocycles. The van der Waals surface area contributed by atoms with Crippen molar-refractivity contribution in [3.63, 3.8) is 0 Å². The number of fused-ring (bicyclic) bond motifs is 1. The Labute approximate surface area is 211 Å². The third-order valence-corrected chi connectivity index (χ3v) is 6.09. The average molecular weight is 515 g/mol. The van der Waals surface area contributed by atoms with E-state index in [9.17, 15) is 18.0 Å². The lowest BCUT2D eigenvalue weighted by Crippen LogP contribution is -2.44. The summed E-state index contributed by atoms with van der Waals surface area (Å²) in [5, 5.41) is 5.69. The summed E-state index contributed by atoms with van der Waals surface area (Å²) in [5.41, 5.74) is -0.140. The molecule has 0 saturated carbocycles. The van der Waals surface area contributed by atoms with Crippen LogP contribution in [0.5, 0.6) is 17.4 Å². The maximum Gasteiger partial charge on any atom is 0.416 e. The van der Waals surface area contributed by atoms with E-state index in [1.807, 2.05) is 11.9 Å². The van der Waals surface area contributed by atoms with Crippen molar-refractivity contribution >= 4 is 23.1 Å². The molecule has 9 nitrogen and oxygen atoms in total. The van der Waals surface area contributed by atoms with E-state index in [4.69, 9.17) is 9.47 Å². The van der Waals surface area contributed by atoms with Crippen LogP contribution in [0.25, 0.3) is 0 Å². The number of hydrogen-bond acceptors (Lipinski definition) is 8. The molecule has 12 heteroatoms. The number of alkyl halides is 3. The molecule has 3 aromatic rings. The predicted octanol–water partition coefficient (Wildman–Crippen LogP) is 4.10. The molecule has 0 bridgehead atoms. The lowest BCUT2D eigenvalue weighted by atomic mass is 10.1. The third kappa shape index (κ3) is 5.69. The first-order valence-corrected chi connectivity index (χ1v) is 11.7. The van der Waals surface area contributed by atoms with Crippen LogP contribution in [-0.4, -0.2) is 67.2 Å². The van der Waals surface area contributed by atoms with E-state index in [1.165, 1.54) is 12.4 Å². The zero-order chi connectivity index (χ0) is 26.0. The minimum atomic E-state index is -4.55. The Morgan fingerprint density at radius 2 is 1.92 bits per heavy atom. The number of ether oxygens (including phenoxy) is 2. The van der Waals surface area contributed by atoms with Crippen LogP contribution in [0, 0.1) is 0 Å². The molecule has 3 heterocycles. The van der Waals surface area contributed by atoms with Gasteiger partial charge in [-0.15, -0.1) is 0 Å². The summed E-state index contributed by atoms with van der Waals surface area (Å²) < 4.78 is 52.3. The maximum atomic E-state index is 13.6. The average Bonchev–Trinajstić information content (AvgIpc) is 2.89. The number of carbonyl (C=O) groups is 1. The normalized spacial score (nSPS) is 15.8. The first-order valence-electron chi connectivity index (χ1n) is 11.7. The number of halogens is 3. The van der Waals surface area contributed by atoms with E-state index in [1.54, 1.807) is 24.3 Å². The van der Waals surface area contributed by atoms with Gasteiger partial charge in [-0.3, -0.25) is 4.79 Å². The number of likely N-dealkylation sites (N-methyl/N-ethyl adjacent to an activating group) is 1. The van der Waals surface area contributed by atoms with Crippen LogP contribution in [0.2, 0.25) is 0 Å². The van der Waals surface area contributed by atoms with Crippen molar-refractivity contribution < 1.29 is 27.4 Å². The van der Waals surface area contributed by atoms with Crippen molar-refractivity contribution in [2.24, 2.45) is 0 Å². The minimum absolute atomic E-state index is 0.0596. The number of aromatic nitrogens is 2. The predicted molar refractivity (Wildman–Crippen MR) is 132 cm³/mol. The molecule has 1 aromatic heterocycles. The standard InChI is InChI=1S/C25H25F3N6O3/c1-33-6-8-34(9-7-33)19-13-17(25(26,27)28)12-18(14-19)32-23(35)16-3-2-4-20(11-16)37-24-21-22(30-15-31-24)29-5-10-36-21/h2-4,11-15H,5-10H2,1H3,(H,32,35)(H,29,30,31). The molecular weight excluding hydrogens is 489 g/mol. The molecule has 0 spiro atoms. The van der Waals surface area contributed by atoms with Crippen molar-refractivity contribution in [2.75, 3.05) is 61.9 Å². The van der Waals surface area contributed by atoms with Gasteiger partial charge in [0.2, 0.25) is 5.75 Å². The van der Waals surface area contributed by atoms with Crippen LogP contribution in [0.1, 0.15) is 15.9 Å². The molecule has 1 fully saturated rings. The van der Waals surface area contributed by atoms with Crippen LogP contribution in [0.15, 0.2) is 48.8 Å². The molecule has 37 heavy (non-hydrogen) atoms.